The van der Waals surface area contributed by atoms with E-state index in [0.717, 1.165) is 22.4 Å². The summed E-state index contributed by atoms with van der Waals surface area (Å²) < 4.78 is 0. The van der Waals surface area contributed by atoms with E-state index in [2.05, 4.69) is 50.9 Å². The molecule has 0 bridgehead atoms. The summed E-state index contributed by atoms with van der Waals surface area (Å²) in [6, 6.07) is 4.22. The molecular weight excluding hydrogens is 382 g/mol. The first-order valence-electron chi connectivity index (χ1n) is 10.0. The Bertz CT molecular complexity index is 947. The van der Waals surface area contributed by atoms with Gasteiger partial charge in [-0.3, -0.25) is 19.4 Å². The van der Waals surface area contributed by atoms with Crippen LogP contribution in [0.5, 0.6) is 0 Å². The highest BCUT2D eigenvalue weighted by atomic mass is 32.1. The number of aryl methyl sites for hydroxylation is 1. The van der Waals surface area contributed by atoms with E-state index in [1.165, 1.54) is 15.4 Å². The third-order valence-electron chi connectivity index (χ3n) is 5.95. The molecule has 1 aromatic carbocycles. The zero-order valence-electron chi connectivity index (χ0n) is 18.3. The maximum absolute atomic E-state index is 12.9. The number of carbonyl (C=O) groups is 2. The van der Waals surface area contributed by atoms with Gasteiger partial charge in [0.05, 0.1) is 5.54 Å². The molecule has 2 aliphatic rings. The molecule has 3 rings (SSSR count). The molecule has 2 amide bonds. The van der Waals surface area contributed by atoms with Crippen LogP contribution >= 0.6 is 12.2 Å². The summed E-state index contributed by atoms with van der Waals surface area (Å²) in [5.74, 6) is -0.648. The van der Waals surface area contributed by atoms with Crippen LogP contribution in [-0.2, 0) is 9.59 Å². The molecule has 0 aromatic heterocycles. The highest BCUT2D eigenvalue weighted by Crippen LogP contribution is 2.39. The zero-order valence-corrected chi connectivity index (χ0v) is 19.1. The molecular formula is C23H29N3O2S. The Balaban J connectivity index is 2.13. The molecule has 2 aliphatic heterocycles. The Hall–Kier alpha value is -2.47. The minimum absolute atomic E-state index is 0.0717. The van der Waals surface area contributed by atoms with Crippen molar-refractivity contribution < 1.29 is 9.59 Å². The number of rotatable bonds is 3. The van der Waals surface area contributed by atoms with Gasteiger partial charge in [-0.05, 0) is 88.7 Å². The van der Waals surface area contributed by atoms with E-state index in [-0.39, 0.29) is 28.0 Å². The van der Waals surface area contributed by atoms with Gasteiger partial charge in [0.1, 0.15) is 5.57 Å². The average Bonchev–Trinajstić information content (AvgIpc) is 2.64. The summed E-state index contributed by atoms with van der Waals surface area (Å²) in [6.45, 7) is 13.1. The van der Waals surface area contributed by atoms with Gasteiger partial charge < -0.3 is 4.90 Å². The van der Waals surface area contributed by atoms with Gasteiger partial charge in [0.2, 0.25) is 0 Å². The molecule has 0 spiro atoms. The van der Waals surface area contributed by atoms with Crippen molar-refractivity contribution in [2.45, 2.75) is 47.1 Å². The number of nitrogens with zero attached hydrogens (tertiary/aromatic N) is 3. The normalized spacial score (nSPS) is 18.9. The van der Waals surface area contributed by atoms with Gasteiger partial charge in [0, 0.05) is 31.4 Å². The van der Waals surface area contributed by atoms with E-state index in [4.69, 9.17) is 12.2 Å². The highest BCUT2D eigenvalue weighted by Gasteiger charge is 2.38. The number of hydrogen-bond donors (Lipinski definition) is 0. The lowest BCUT2D eigenvalue weighted by Gasteiger charge is -2.41. The van der Waals surface area contributed by atoms with E-state index in [1.54, 1.807) is 6.08 Å². The number of fused-ring (bicyclic) bond motifs is 1. The van der Waals surface area contributed by atoms with Crippen LogP contribution in [0.3, 0.4) is 0 Å². The number of thiocarbonyl (C=S) groups is 1. The molecule has 154 valence electrons. The van der Waals surface area contributed by atoms with E-state index in [9.17, 15) is 9.59 Å². The van der Waals surface area contributed by atoms with Crippen LogP contribution in [0.2, 0.25) is 0 Å². The number of carbonyl (C=O) groups excluding carboxylic acids is 2. The monoisotopic (exact) mass is 411 g/mol. The quantitative estimate of drug-likeness (QED) is 0.428. The Morgan fingerprint density at radius 1 is 1.03 bits per heavy atom. The molecule has 6 heteroatoms. The van der Waals surface area contributed by atoms with E-state index >= 15 is 0 Å². The number of hydrogen-bond acceptors (Lipinski definition) is 4. The Kier molecular flexibility index (Phi) is 5.43. The minimum Gasteiger partial charge on any atom is -0.365 e. The molecule has 29 heavy (non-hydrogen) atoms. The summed E-state index contributed by atoms with van der Waals surface area (Å²) in [7, 11) is 2.09. The Morgan fingerprint density at radius 2 is 1.59 bits per heavy atom. The van der Waals surface area contributed by atoms with E-state index < -0.39 is 0 Å². The summed E-state index contributed by atoms with van der Waals surface area (Å²) >= 11 is 5.34. The van der Waals surface area contributed by atoms with Crippen LogP contribution in [0.25, 0.3) is 11.6 Å². The molecule has 0 saturated carbocycles. The van der Waals surface area contributed by atoms with Crippen molar-refractivity contribution in [1.82, 2.24) is 9.80 Å². The van der Waals surface area contributed by atoms with Crippen molar-refractivity contribution in [3.63, 3.8) is 0 Å². The van der Waals surface area contributed by atoms with E-state index in [0.29, 0.717) is 13.1 Å². The summed E-state index contributed by atoms with van der Waals surface area (Å²) in [5.41, 5.74) is 5.46. The average molecular weight is 412 g/mol. The first-order chi connectivity index (χ1) is 13.5. The van der Waals surface area contributed by atoms with Crippen LogP contribution in [0.15, 0.2) is 23.8 Å². The van der Waals surface area contributed by atoms with Crippen molar-refractivity contribution in [3.05, 3.63) is 40.5 Å². The molecule has 1 fully saturated rings. The Labute approximate surface area is 178 Å². The third-order valence-corrected chi connectivity index (χ3v) is 6.39. The number of benzene rings is 1. The molecule has 0 N–H and O–H groups in total. The Morgan fingerprint density at radius 3 is 2.10 bits per heavy atom. The molecule has 0 unspecified atom stereocenters. The van der Waals surface area contributed by atoms with Crippen LogP contribution in [0, 0.1) is 6.92 Å². The van der Waals surface area contributed by atoms with Gasteiger partial charge in [-0.15, -0.1) is 0 Å². The second kappa shape index (κ2) is 7.41. The lowest BCUT2D eigenvalue weighted by molar-refractivity contribution is -0.133. The summed E-state index contributed by atoms with van der Waals surface area (Å²) in [4.78, 5) is 31.1. The fourth-order valence-corrected chi connectivity index (χ4v) is 4.44. The standard InChI is InChI=1S/C23H29N3O2S/c1-8-25-20(27)18(21(28)26(9-2)22(25)29)12-16-11-17-15(4)13-23(5,6)24(7)19(17)10-14(16)3/h10-13H,8-9H2,1-7H3. The predicted molar refractivity (Wildman–Crippen MR) is 123 cm³/mol. The topological polar surface area (TPSA) is 43.9 Å². The van der Waals surface area contributed by atoms with Gasteiger partial charge in [-0.25, -0.2) is 0 Å². The van der Waals surface area contributed by atoms with Crippen molar-refractivity contribution in [1.29, 1.82) is 0 Å². The summed E-state index contributed by atoms with van der Waals surface area (Å²) in [5, 5.41) is 0.284. The van der Waals surface area contributed by atoms with Gasteiger partial charge in [-0.2, -0.15) is 0 Å². The van der Waals surface area contributed by atoms with Crippen LogP contribution in [0.4, 0.5) is 5.69 Å². The fraction of sp³-hybridized carbons (Fsp3) is 0.435. The van der Waals surface area contributed by atoms with Crippen molar-refractivity contribution in [2.24, 2.45) is 0 Å². The maximum atomic E-state index is 12.9. The molecule has 0 atom stereocenters. The van der Waals surface area contributed by atoms with Crippen molar-refractivity contribution >= 4 is 46.5 Å². The maximum Gasteiger partial charge on any atom is 0.265 e. The third kappa shape index (κ3) is 3.39. The second-order valence-electron chi connectivity index (χ2n) is 8.21. The first kappa shape index (κ1) is 21.2. The van der Waals surface area contributed by atoms with Crippen LogP contribution in [-0.4, -0.2) is 52.4 Å². The predicted octanol–water partition coefficient (Wildman–Crippen LogP) is 4.01. The molecule has 1 aromatic rings. The lowest BCUT2D eigenvalue weighted by atomic mass is 9.87. The van der Waals surface area contributed by atoms with Crippen LogP contribution in [0.1, 0.15) is 51.3 Å². The SMILES string of the molecule is CCN1C(=O)C(=Cc2cc3c(cc2C)N(C)C(C)(C)C=C3C)C(=O)N(CC)C1=S. The largest absolute Gasteiger partial charge is 0.365 e. The number of allylic oxidation sites excluding steroid dienone is 1. The van der Waals surface area contributed by atoms with Gasteiger partial charge >= 0.3 is 0 Å². The fourth-order valence-electron chi connectivity index (χ4n) is 4.01. The smallest absolute Gasteiger partial charge is 0.265 e. The zero-order chi connectivity index (χ0) is 21.7. The minimum atomic E-state index is -0.324. The van der Waals surface area contributed by atoms with Crippen LogP contribution < -0.4 is 4.90 Å². The molecule has 2 heterocycles. The van der Waals surface area contributed by atoms with E-state index in [1.807, 2.05) is 20.8 Å². The highest BCUT2D eigenvalue weighted by molar-refractivity contribution is 7.80. The van der Waals surface area contributed by atoms with Crippen molar-refractivity contribution in [2.75, 3.05) is 25.0 Å². The second-order valence-corrected chi connectivity index (χ2v) is 8.57. The van der Waals surface area contributed by atoms with Gasteiger partial charge in [-0.1, -0.05) is 6.08 Å². The van der Waals surface area contributed by atoms with Gasteiger partial charge in [0.25, 0.3) is 11.8 Å². The summed E-state index contributed by atoms with van der Waals surface area (Å²) in [6.07, 6.45) is 3.97. The molecule has 5 nitrogen and oxygen atoms in total. The molecule has 0 aliphatic carbocycles. The van der Waals surface area contributed by atoms with Crippen molar-refractivity contribution in [3.8, 4) is 0 Å². The number of anilines is 1. The number of likely N-dealkylation sites (N-methyl/N-ethyl adjacent to an activating group) is 3. The van der Waals surface area contributed by atoms with Gasteiger partial charge in [0.15, 0.2) is 5.11 Å². The lowest BCUT2D eigenvalue weighted by Crippen LogP contribution is -2.55. The molecule has 0 radical (unpaired) electrons. The first-order valence-corrected chi connectivity index (χ1v) is 10.4. The molecule has 1 saturated heterocycles. The number of amides is 2.